The quantitative estimate of drug-likeness (QED) is 0.175. The van der Waals surface area contributed by atoms with Crippen molar-refractivity contribution >= 4 is 51.6 Å². The second-order valence-electron chi connectivity index (χ2n) is 9.46. The average Bonchev–Trinajstić information content (AvgIpc) is 3.39. The molecule has 14 heteroatoms. The third-order valence-corrected chi connectivity index (χ3v) is 7.10. The number of nitro benzene ring substituents is 1. The van der Waals surface area contributed by atoms with E-state index in [0.29, 0.717) is 68.0 Å². The van der Waals surface area contributed by atoms with Gasteiger partial charge in [-0.3, -0.25) is 24.6 Å². The number of amides is 1. The number of aromatic nitrogens is 2. The molecule has 2 aliphatic rings. The molecule has 0 spiro atoms. The van der Waals surface area contributed by atoms with Gasteiger partial charge in [0.2, 0.25) is 0 Å². The van der Waals surface area contributed by atoms with Crippen LogP contribution in [0.2, 0.25) is 5.02 Å². The van der Waals surface area contributed by atoms with Crippen molar-refractivity contribution in [3.8, 4) is 5.75 Å². The van der Waals surface area contributed by atoms with E-state index in [4.69, 9.17) is 21.1 Å². The highest BCUT2D eigenvalue weighted by molar-refractivity contribution is 6.31. The smallest absolute Gasteiger partial charge is 0.311 e. The first-order valence-corrected chi connectivity index (χ1v) is 13.1. The van der Waals surface area contributed by atoms with Crippen molar-refractivity contribution in [3.63, 3.8) is 0 Å². The van der Waals surface area contributed by atoms with Crippen LogP contribution in [0.4, 0.5) is 21.6 Å². The van der Waals surface area contributed by atoms with E-state index in [1.807, 2.05) is 0 Å². The lowest BCUT2D eigenvalue weighted by molar-refractivity contribution is -0.385. The second kappa shape index (κ2) is 12.0. The summed E-state index contributed by atoms with van der Waals surface area (Å²) < 4.78 is 24.4. The van der Waals surface area contributed by atoms with Crippen LogP contribution in [-0.2, 0) is 14.3 Å². The Morgan fingerprint density at radius 1 is 1.23 bits per heavy atom. The molecule has 40 heavy (non-hydrogen) atoms. The van der Waals surface area contributed by atoms with Gasteiger partial charge in [0.25, 0.3) is 5.91 Å². The lowest BCUT2D eigenvalue weighted by Crippen LogP contribution is -2.51. The molecule has 2 fully saturated rings. The van der Waals surface area contributed by atoms with Crippen LogP contribution in [0.5, 0.6) is 5.75 Å². The van der Waals surface area contributed by atoms with Crippen molar-refractivity contribution in [2.75, 3.05) is 44.6 Å². The number of carbonyl (C=O) groups excluding carboxylic acids is 2. The molecule has 5 rings (SSSR count). The molecular weight excluding hydrogens is 547 g/mol. The lowest BCUT2D eigenvalue weighted by atomic mass is 10.2. The molecule has 1 atom stereocenters. The van der Waals surface area contributed by atoms with E-state index in [2.05, 4.69) is 20.2 Å². The van der Waals surface area contributed by atoms with Crippen molar-refractivity contribution in [1.82, 2.24) is 19.8 Å². The van der Waals surface area contributed by atoms with Crippen LogP contribution in [0.3, 0.4) is 0 Å². The number of ether oxygens (including phenoxy) is 2. The number of hydrogen-bond donors (Lipinski definition) is 1. The number of nitrogens with one attached hydrogen (secondary N) is 1. The van der Waals surface area contributed by atoms with Gasteiger partial charge in [-0.1, -0.05) is 11.6 Å². The standard InChI is InChI=1S/C26H26ClFN6O6/c27-18-12-16(2-3-19(18)28)31-25-17-13-21(34(37)38)23(14-20(17)29-15-30-25)39-11-1-6-32-7-9-33(10-8-32)26(36)22-4-5-24(35)40-22/h2-3,12-15,22H,1,4-11H2,(H,29,30,31)/t22-/m0/s1. The monoisotopic (exact) mass is 572 g/mol. The van der Waals surface area contributed by atoms with Gasteiger partial charge in [-0.05, 0) is 24.6 Å². The molecular formula is C26H26ClFN6O6. The molecule has 2 aromatic carbocycles. The van der Waals surface area contributed by atoms with Crippen molar-refractivity contribution in [1.29, 1.82) is 0 Å². The summed E-state index contributed by atoms with van der Waals surface area (Å²) >= 11 is 5.86. The van der Waals surface area contributed by atoms with Crippen molar-refractivity contribution < 1.29 is 28.4 Å². The molecule has 2 aliphatic heterocycles. The van der Waals surface area contributed by atoms with Gasteiger partial charge in [0.05, 0.1) is 27.5 Å². The number of anilines is 2. The Labute approximate surface area is 233 Å². The minimum Gasteiger partial charge on any atom is -0.487 e. The van der Waals surface area contributed by atoms with Crippen molar-refractivity contribution in [2.45, 2.75) is 25.4 Å². The Kier molecular flexibility index (Phi) is 8.21. The predicted molar refractivity (Wildman–Crippen MR) is 143 cm³/mol. The maximum Gasteiger partial charge on any atom is 0.311 e. The second-order valence-corrected chi connectivity index (χ2v) is 9.86. The van der Waals surface area contributed by atoms with E-state index < -0.39 is 16.8 Å². The normalized spacial score (nSPS) is 17.6. The van der Waals surface area contributed by atoms with Gasteiger partial charge in [-0.2, -0.15) is 0 Å². The fourth-order valence-corrected chi connectivity index (χ4v) is 4.89. The van der Waals surface area contributed by atoms with Crippen LogP contribution in [0.1, 0.15) is 19.3 Å². The molecule has 2 saturated heterocycles. The maximum absolute atomic E-state index is 13.5. The minimum absolute atomic E-state index is 0.0724. The molecule has 1 amide bonds. The molecule has 3 heterocycles. The molecule has 0 unspecified atom stereocenters. The van der Waals surface area contributed by atoms with Gasteiger partial charge in [0.1, 0.15) is 18.0 Å². The Morgan fingerprint density at radius 2 is 2.02 bits per heavy atom. The van der Waals surface area contributed by atoms with Crippen LogP contribution in [0.25, 0.3) is 10.9 Å². The zero-order valence-electron chi connectivity index (χ0n) is 21.3. The summed E-state index contributed by atoms with van der Waals surface area (Å²) in [4.78, 5) is 47.4. The summed E-state index contributed by atoms with van der Waals surface area (Å²) in [6, 6.07) is 6.91. The lowest BCUT2D eigenvalue weighted by Gasteiger charge is -2.35. The summed E-state index contributed by atoms with van der Waals surface area (Å²) in [6.45, 7) is 3.38. The van der Waals surface area contributed by atoms with Crippen LogP contribution >= 0.6 is 11.6 Å². The SMILES string of the molecule is O=C1CC[C@@H](C(=O)N2CCN(CCCOc3cc4ncnc(Nc5ccc(F)c(Cl)c5)c4cc3[N+](=O)[O-])CC2)O1. The van der Waals surface area contributed by atoms with Gasteiger partial charge in [0, 0.05) is 63.4 Å². The third kappa shape index (κ3) is 6.20. The molecule has 12 nitrogen and oxygen atoms in total. The van der Waals surface area contributed by atoms with Crippen molar-refractivity contribution in [3.05, 3.63) is 57.6 Å². The van der Waals surface area contributed by atoms with E-state index in [1.54, 1.807) is 4.90 Å². The molecule has 0 aliphatic carbocycles. The minimum atomic E-state index is -0.663. The summed E-state index contributed by atoms with van der Waals surface area (Å²) in [5, 5.41) is 15.2. The predicted octanol–water partition coefficient (Wildman–Crippen LogP) is 3.69. The summed E-state index contributed by atoms with van der Waals surface area (Å²) in [6.07, 6.45) is 1.98. The van der Waals surface area contributed by atoms with Crippen LogP contribution < -0.4 is 10.1 Å². The molecule has 0 bridgehead atoms. The number of benzene rings is 2. The van der Waals surface area contributed by atoms with E-state index >= 15 is 0 Å². The van der Waals surface area contributed by atoms with Gasteiger partial charge in [-0.25, -0.2) is 14.4 Å². The number of carbonyl (C=O) groups is 2. The summed E-state index contributed by atoms with van der Waals surface area (Å²) in [7, 11) is 0. The third-order valence-electron chi connectivity index (χ3n) is 6.82. The highest BCUT2D eigenvalue weighted by Gasteiger charge is 2.34. The first-order valence-electron chi connectivity index (χ1n) is 12.8. The first kappa shape index (κ1) is 27.5. The highest BCUT2D eigenvalue weighted by atomic mass is 35.5. The molecule has 210 valence electrons. The largest absolute Gasteiger partial charge is 0.487 e. The molecule has 1 N–H and O–H groups in total. The fourth-order valence-electron chi connectivity index (χ4n) is 4.71. The Hall–Kier alpha value is -4.10. The Bertz CT molecular complexity index is 1450. The van der Waals surface area contributed by atoms with Crippen LogP contribution in [0, 0.1) is 15.9 Å². The number of fused-ring (bicyclic) bond motifs is 1. The zero-order chi connectivity index (χ0) is 28.2. The topological polar surface area (TPSA) is 140 Å². The van der Waals surface area contributed by atoms with Gasteiger partial charge >= 0.3 is 11.7 Å². The molecule has 1 aromatic heterocycles. The number of hydrogen-bond acceptors (Lipinski definition) is 10. The van der Waals surface area contributed by atoms with Crippen molar-refractivity contribution in [2.24, 2.45) is 0 Å². The zero-order valence-corrected chi connectivity index (χ0v) is 22.1. The van der Waals surface area contributed by atoms with E-state index in [-0.39, 0.29) is 41.4 Å². The van der Waals surface area contributed by atoms with Crippen LogP contribution in [-0.4, -0.2) is 82.0 Å². The molecule has 3 aromatic rings. The Morgan fingerprint density at radius 3 is 2.73 bits per heavy atom. The Balaban J connectivity index is 1.17. The highest BCUT2D eigenvalue weighted by Crippen LogP contribution is 2.35. The molecule has 0 saturated carbocycles. The molecule has 0 radical (unpaired) electrons. The summed E-state index contributed by atoms with van der Waals surface area (Å²) in [5.41, 5.74) is 0.656. The maximum atomic E-state index is 13.5. The number of nitrogens with zero attached hydrogens (tertiary/aromatic N) is 5. The number of esters is 1. The number of piperazine rings is 1. The van der Waals surface area contributed by atoms with Gasteiger partial charge in [0.15, 0.2) is 11.9 Å². The summed E-state index contributed by atoms with van der Waals surface area (Å²) in [5.74, 6) is -0.646. The van der Waals surface area contributed by atoms with E-state index in [1.165, 1.54) is 36.7 Å². The van der Waals surface area contributed by atoms with E-state index in [0.717, 1.165) is 0 Å². The van der Waals surface area contributed by atoms with Gasteiger partial charge in [-0.15, -0.1) is 0 Å². The fraction of sp³-hybridized carbons (Fsp3) is 0.385. The average molecular weight is 573 g/mol. The van der Waals surface area contributed by atoms with Gasteiger partial charge < -0.3 is 19.7 Å². The number of halogens is 2. The number of rotatable bonds is 9. The first-order chi connectivity index (χ1) is 19.3. The van der Waals surface area contributed by atoms with Crippen LogP contribution in [0.15, 0.2) is 36.7 Å². The number of cyclic esters (lactones) is 1. The van der Waals surface area contributed by atoms with E-state index in [9.17, 15) is 24.1 Å². The number of nitro groups is 1.